The van der Waals surface area contributed by atoms with Gasteiger partial charge in [0.25, 0.3) is 5.91 Å². The second-order valence-electron chi connectivity index (χ2n) is 7.64. The quantitative estimate of drug-likeness (QED) is 0.764. The molecular formula is C19H26ClN3O3S. The minimum Gasteiger partial charge on any atom is -0.329 e. The maximum Gasteiger partial charge on any atom is 0.258 e. The second kappa shape index (κ2) is 7.39. The van der Waals surface area contributed by atoms with Crippen molar-refractivity contribution < 1.29 is 13.2 Å². The predicted molar refractivity (Wildman–Crippen MR) is 111 cm³/mol. The number of sulfonamides is 1. The molecule has 1 atom stereocenters. The van der Waals surface area contributed by atoms with Gasteiger partial charge in [0, 0.05) is 35.5 Å². The second-order valence-corrected chi connectivity index (χ2v) is 9.29. The zero-order valence-electron chi connectivity index (χ0n) is 15.9. The number of hydrogen-bond donors (Lipinski definition) is 2. The standard InChI is InChI=1S/C19H25N3O3S.ClH/c1-12(2)10-19(3,11-20)21-26(24,25)16-9-8-15-17-13(16)6-5-7-14(17)18(23)22(15)4;/h5-9,12,21H,10-11,20H2,1-4H3;1H. The molecule has 0 fully saturated rings. The highest BCUT2D eigenvalue weighted by molar-refractivity contribution is 7.89. The summed E-state index contributed by atoms with van der Waals surface area (Å²) >= 11 is 0. The van der Waals surface area contributed by atoms with Crippen molar-refractivity contribution in [2.45, 2.75) is 37.6 Å². The Morgan fingerprint density at radius 3 is 2.48 bits per heavy atom. The van der Waals surface area contributed by atoms with Crippen molar-refractivity contribution in [1.29, 1.82) is 0 Å². The molecule has 3 N–H and O–H groups in total. The molecule has 1 unspecified atom stereocenters. The molecule has 0 radical (unpaired) electrons. The van der Waals surface area contributed by atoms with Crippen LogP contribution < -0.4 is 15.4 Å². The summed E-state index contributed by atoms with van der Waals surface area (Å²) in [5, 5.41) is 1.23. The summed E-state index contributed by atoms with van der Waals surface area (Å²) in [6.07, 6.45) is 0.630. The van der Waals surface area contributed by atoms with Crippen LogP contribution in [0.15, 0.2) is 35.2 Å². The van der Waals surface area contributed by atoms with Crippen LogP contribution in [0.2, 0.25) is 0 Å². The van der Waals surface area contributed by atoms with Gasteiger partial charge < -0.3 is 10.6 Å². The van der Waals surface area contributed by atoms with Gasteiger partial charge in [0.2, 0.25) is 10.0 Å². The minimum absolute atomic E-state index is 0. The number of nitrogens with one attached hydrogen (secondary N) is 1. The lowest BCUT2D eigenvalue weighted by Gasteiger charge is -2.31. The lowest BCUT2D eigenvalue weighted by molar-refractivity contribution is 0.0999. The van der Waals surface area contributed by atoms with Crippen molar-refractivity contribution in [1.82, 2.24) is 4.72 Å². The highest BCUT2D eigenvalue weighted by Crippen LogP contribution is 2.39. The van der Waals surface area contributed by atoms with Gasteiger partial charge in [0.05, 0.1) is 10.6 Å². The molecule has 2 aromatic carbocycles. The van der Waals surface area contributed by atoms with Crippen molar-refractivity contribution in [2.75, 3.05) is 18.5 Å². The Labute approximate surface area is 166 Å². The first-order chi connectivity index (χ1) is 12.1. The van der Waals surface area contributed by atoms with Crippen molar-refractivity contribution in [3.63, 3.8) is 0 Å². The third-order valence-electron chi connectivity index (χ3n) is 4.85. The van der Waals surface area contributed by atoms with E-state index in [9.17, 15) is 13.2 Å². The van der Waals surface area contributed by atoms with Crippen molar-refractivity contribution >= 4 is 44.8 Å². The molecule has 27 heavy (non-hydrogen) atoms. The Morgan fingerprint density at radius 2 is 1.89 bits per heavy atom. The van der Waals surface area contributed by atoms with Crippen LogP contribution in [0.25, 0.3) is 10.8 Å². The summed E-state index contributed by atoms with van der Waals surface area (Å²) < 4.78 is 29.1. The first-order valence-corrected chi connectivity index (χ1v) is 10.2. The summed E-state index contributed by atoms with van der Waals surface area (Å²) in [5.41, 5.74) is 6.39. The average Bonchev–Trinajstić information content (AvgIpc) is 2.81. The summed E-state index contributed by atoms with van der Waals surface area (Å²) in [4.78, 5) is 14.1. The molecule has 1 heterocycles. The van der Waals surface area contributed by atoms with Gasteiger partial charge in [-0.15, -0.1) is 12.4 Å². The van der Waals surface area contributed by atoms with E-state index in [1.54, 1.807) is 42.3 Å². The molecule has 0 saturated carbocycles. The Bertz CT molecular complexity index is 991. The van der Waals surface area contributed by atoms with Gasteiger partial charge in [-0.05, 0) is 37.5 Å². The molecule has 148 valence electrons. The average molecular weight is 412 g/mol. The predicted octanol–water partition coefficient (Wildman–Crippen LogP) is 2.89. The van der Waals surface area contributed by atoms with Crippen LogP contribution >= 0.6 is 12.4 Å². The fourth-order valence-electron chi connectivity index (χ4n) is 3.79. The third kappa shape index (κ3) is 3.69. The number of amides is 1. The fourth-order valence-corrected chi connectivity index (χ4v) is 5.42. The van der Waals surface area contributed by atoms with E-state index in [2.05, 4.69) is 4.72 Å². The van der Waals surface area contributed by atoms with E-state index in [-0.39, 0.29) is 29.8 Å². The first kappa shape index (κ1) is 21.6. The molecule has 0 aromatic heterocycles. The SMILES string of the molecule is CC(C)CC(C)(CN)NS(=O)(=O)c1ccc2c3c(cccc13)C(=O)N2C.Cl. The molecule has 3 rings (SSSR count). The molecule has 0 aliphatic carbocycles. The maximum absolute atomic E-state index is 13.1. The largest absolute Gasteiger partial charge is 0.329 e. The number of hydrogen-bond acceptors (Lipinski definition) is 4. The van der Waals surface area contributed by atoms with Gasteiger partial charge in [-0.3, -0.25) is 4.79 Å². The topological polar surface area (TPSA) is 92.5 Å². The number of benzene rings is 2. The van der Waals surface area contributed by atoms with E-state index in [0.717, 1.165) is 5.69 Å². The van der Waals surface area contributed by atoms with Gasteiger partial charge >= 0.3 is 0 Å². The van der Waals surface area contributed by atoms with Gasteiger partial charge in [0.15, 0.2) is 0 Å². The minimum atomic E-state index is -3.80. The highest BCUT2D eigenvalue weighted by Gasteiger charge is 2.34. The molecule has 0 spiro atoms. The summed E-state index contributed by atoms with van der Waals surface area (Å²) in [7, 11) is -2.11. The normalized spacial score (nSPS) is 15.9. The number of halogens is 1. The number of carbonyl (C=O) groups is 1. The first-order valence-electron chi connectivity index (χ1n) is 8.67. The van der Waals surface area contributed by atoms with Crippen LogP contribution in [-0.4, -0.2) is 33.5 Å². The molecule has 1 aliphatic rings. The molecule has 0 bridgehead atoms. The number of nitrogens with zero attached hydrogens (tertiary/aromatic N) is 1. The third-order valence-corrected chi connectivity index (χ3v) is 6.55. The summed E-state index contributed by atoms with van der Waals surface area (Å²) in [5.74, 6) is 0.171. The highest BCUT2D eigenvalue weighted by atomic mass is 35.5. The Hall–Kier alpha value is -1.67. The van der Waals surface area contributed by atoms with Crippen molar-refractivity contribution in [2.24, 2.45) is 11.7 Å². The lowest BCUT2D eigenvalue weighted by atomic mass is 9.92. The number of nitrogens with two attached hydrogens (primary N) is 1. The van der Waals surface area contributed by atoms with Crippen LogP contribution in [0.4, 0.5) is 5.69 Å². The van der Waals surface area contributed by atoms with E-state index in [4.69, 9.17) is 5.73 Å². The molecule has 1 amide bonds. The van der Waals surface area contributed by atoms with E-state index in [1.807, 2.05) is 20.8 Å². The Balaban J connectivity index is 0.00000261. The van der Waals surface area contributed by atoms with Gasteiger partial charge in [-0.2, -0.15) is 0 Å². The number of carbonyl (C=O) groups excluding carboxylic acids is 1. The molecule has 1 aliphatic heterocycles. The van der Waals surface area contributed by atoms with E-state index in [0.29, 0.717) is 28.7 Å². The van der Waals surface area contributed by atoms with Crippen LogP contribution in [-0.2, 0) is 10.0 Å². The molecule has 8 heteroatoms. The monoisotopic (exact) mass is 411 g/mol. The van der Waals surface area contributed by atoms with E-state index in [1.165, 1.54) is 0 Å². The zero-order chi connectivity index (χ0) is 19.3. The Morgan fingerprint density at radius 1 is 1.22 bits per heavy atom. The van der Waals surface area contributed by atoms with Crippen molar-refractivity contribution in [3.8, 4) is 0 Å². The molecule has 0 saturated heterocycles. The molecular weight excluding hydrogens is 386 g/mol. The van der Waals surface area contributed by atoms with Gasteiger partial charge in [-0.1, -0.05) is 26.0 Å². The van der Waals surface area contributed by atoms with E-state index < -0.39 is 15.6 Å². The van der Waals surface area contributed by atoms with Gasteiger partial charge in [-0.25, -0.2) is 13.1 Å². The smallest absolute Gasteiger partial charge is 0.258 e. The molecule has 6 nitrogen and oxygen atoms in total. The molecule has 2 aromatic rings. The van der Waals surface area contributed by atoms with Crippen LogP contribution in [0, 0.1) is 5.92 Å². The van der Waals surface area contributed by atoms with Crippen LogP contribution in [0.3, 0.4) is 0 Å². The van der Waals surface area contributed by atoms with Crippen molar-refractivity contribution in [3.05, 3.63) is 35.9 Å². The maximum atomic E-state index is 13.1. The van der Waals surface area contributed by atoms with Crippen LogP contribution in [0.1, 0.15) is 37.6 Å². The summed E-state index contributed by atoms with van der Waals surface area (Å²) in [6.45, 7) is 6.08. The number of rotatable bonds is 6. The lowest BCUT2D eigenvalue weighted by Crippen LogP contribution is -2.52. The van der Waals surface area contributed by atoms with Gasteiger partial charge in [0.1, 0.15) is 0 Å². The fraction of sp³-hybridized carbons (Fsp3) is 0.421. The Kier molecular flexibility index (Phi) is 5.92. The summed E-state index contributed by atoms with van der Waals surface area (Å²) in [6, 6.07) is 8.43. The number of anilines is 1. The van der Waals surface area contributed by atoms with Crippen LogP contribution in [0.5, 0.6) is 0 Å². The van der Waals surface area contributed by atoms with E-state index >= 15 is 0 Å². The zero-order valence-corrected chi connectivity index (χ0v) is 17.6.